The molecule has 1 N–H and O–H groups in total. The number of ketones is 1. The van der Waals surface area contributed by atoms with Crippen LogP contribution in [0, 0.1) is 20.8 Å². The van der Waals surface area contributed by atoms with E-state index in [1.165, 1.54) is 18.3 Å². The lowest BCUT2D eigenvalue weighted by molar-refractivity contribution is 0.102. The number of aryl methyl sites for hydroxylation is 3. The maximum absolute atomic E-state index is 12.5. The van der Waals surface area contributed by atoms with Crippen molar-refractivity contribution in [3.8, 4) is 0 Å². The summed E-state index contributed by atoms with van der Waals surface area (Å²) in [5, 5.41) is 0. The highest BCUT2D eigenvalue weighted by Gasteiger charge is 2.19. The maximum atomic E-state index is 12.5. The summed E-state index contributed by atoms with van der Waals surface area (Å²) in [5.41, 5.74) is 2.56. The van der Waals surface area contributed by atoms with Crippen LogP contribution < -0.4 is 4.72 Å². The maximum Gasteiger partial charge on any atom is 0.241 e. The molecule has 0 bridgehead atoms. The molecule has 6 heteroatoms. The van der Waals surface area contributed by atoms with Crippen LogP contribution in [0.5, 0.6) is 0 Å². The average molecular weight is 351 g/mol. The summed E-state index contributed by atoms with van der Waals surface area (Å²) >= 11 is 1.41. The fraction of sp³-hybridized carbons (Fsp3) is 0.353. The molecule has 0 aliphatic rings. The van der Waals surface area contributed by atoms with Gasteiger partial charge in [-0.3, -0.25) is 4.79 Å². The van der Waals surface area contributed by atoms with Crippen molar-refractivity contribution in [2.24, 2.45) is 0 Å². The molecule has 0 aliphatic heterocycles. The van der Waals surface area contributed by atoms with Gasteiger partial charge >= 0.3 is 0 Å². The molecule has 0 amide bonds. The molecule has 2 rings (SSSR count). The molecule has 0 aliphatic carbocycles. The first-order valence-electron chi connectivity index (χ1n) is 7.38. The third-order valence-electron chi connectivity index (χ3n) is 3.55. The molecule has 0 spiro atoms. The predicted octanol–water partition coefficient (Wildman–Crippen LogP) is 3.40. The first-order valence-corrected chi connectivity index (χ1v) is 9.68. The van der Waals surface area contributed by atoms with Crippen LogP contribution in [0.15, 0.2) is 29.2 Å². The van der Waals surface area contributed by atoms with Crippen molar-refractivity contribution in [1.82, 2.24) is 4.72 Å². The minimum absolute atomic E-state index is 0.0349. The van der Waals surface area contributed by atoms with E-state index in [0.717, 1.165) is 21.6 Å². The van der Waals surface area contributed by atoms with Crippen LogP contribution in [-0.4, -0.2) is 20.7 Å². The van der Waals surface area contributed by atoms with Crippen LogP contribution in [0.4, 0.5) is 0 Å². The fourth-order valence-corrected chi connectivity index (χ4v) is 5.06. The van der Waals surface area contributed by atoms with Gasteiger partial charge < -0.3 is 0 Å². The van der Waals surface area contributed by atoms with Gasteiger partial charge in [-0.2, -0.15) is 0 Å². The second-order valence-corrected chi connectivity index (χ2v) is 8.57. The number of sulfonamides is 1. The molecule has 1 aromatic carbocycles. The number of rotatable bonds is 6. The van der Waals surface area contributed by atoms with Crippen molar-refractivity contribution >= 4 is 27.1 Å². The lowest BCUT2D eigenvalue weighted by Gasteiger charge is -2.12. The highest BCUT2D eigenvalue weighted by Crippen LogP contribution is 2.22. The van der Waals surface area contributed by atoms with E-state index in [1.807, 2.05) is 39.0 Å². The monoisotopic (exact) mass is 351 g/mol. The van der Waals surface area contributed by atoms with Gasteiger partial charge in [-0.25, -0.2) is 13.1 Å². The molecular formula is C17H21NO3S2. The van der Waals surface area contributed by atoms with Gasteiger partial charge in [0.2, 0.25) is 10.0 Å². The van der Waals surface area contributed by atoms with Crippen LogP contribution in [0.2, 0.25) is 0 Å². The molecule has 0 unspecified atom stereocenters. The van der Waals surface area contributed by atoms with Crippen molar-refractivity contribution < 1.29 is 13.2 Å². The molecule has 1 heterocycles. The topological polar surface area (TPSA) is 63.2 Å². The Kier molecular flexibility index (Phi) is 5.39. The lowest BCUT2D eigenvalue weighted by Crippen LogP contribution is -2.27. The molecule has 2 aromatic rings. The van der Waals surface area contributed by atoms with Crippen LogP contribution in [0.1, 0.15) is 38.2 Å². The Bertz CT molecular complexity index is 812. The molecule has 124 valence electrons. The first kappa shape index (κ1) is 17.8. The van der Waals surface area contributed by atoms with Crippen LogP contribution in [0.3, 0.4) is 0 Å². The van der Waals surface area contributed by atoms with E-state index in [1.54, 1.807) is 6.07 Å². The number of Topliss-reactive ketones (excluding diaryl/α,β-unsaturated/α-hetero) is 1. The summed E-state index contributed by atoms with van der Waals surface area (Å²) in [6.07, 6.45) is 0.571. The molecular weight excluding hydrogens is 330 g/mol. The largest absolute Gasteiger partial charge is 0.294 e. The van der Waals surface area contributed by atoms with E-state index < -0.39 is 10.0 Å². The zero-order valence-corrected chi connectivity index (χ0v) is 15.4. The minimum Gasteiger partial charge on any atom is -0.294 e. The van der Waals surface area contributed by atoms with Gasteiger partial charge in [0, 0.05) is 11.4 Å². The van der Waals surface area contributed by atoms with E-state index in [-0.39, 0.29) is 5.78 Å². The normalized spacial score (nSPS) is 11.7. The number of thiophene rings is 1. The zero-order valence-electron chi connectivity index (χ0n) is 13.8. The molecule has 1 aromatic heterocycles. The van der Waals surface area contributed by atoms with Gasteiger partial charge in [0.05, 0.1) is 9.77 Å². The summed E-state index contributed by atoms with van der Waals surface area (Å²) in [6.45, 7) is 7.42. The van der Waals surface area contributed by atoms with Crippen LogP contribution >= 0.6 is 11.3 Å². The Balaban J connectivity index is 2.08. The highest BCUT2D eigenvalue weighted by molar-refractivity contribution is 7.89. The Morgan fingerprint density at radius 3 is 2.26 bits per heavy atom. The van der Waals surface area contributed by atoms with Crippen LogP contribution in [0.25, 0.3) is 0 Å². The standard InChI is InChI=1S/C17H21NO3S2/c1-11-9-12(2)17(13(3)10-11)23(20,21)18-8-7-15-5-6-16(22-15)14(4)19/h5-6,9-10,18H,7-8H2,1-4H3. The second kappa shape index (κ2) is 6.95. The molecule has 0 saturated heterocycles. The number of carbonyl (C=O) groups is 1. The zero-order chi connectivity index (χ0) is 17.2. The number of hydrogen-bond donors (Lipinski definition) is 1. The minimum atomic E-state index is -3.53. The summed E-state index contributed by atoms with van der Waals surface area (Å²) in [4.78, 5) is 13.3. The van der Waals surface area contributed by atoms with E-state index in [4.69, 9.17) is 0 Å². The van der Waals surface area contributed by atoms with Crippen molar-refractivity contribution in [3.63, 3.8) is 0 Å². The quantitative estimate of drug-likeness (QED) is 0.811. The van der Waals surface area contributed by atoms with E-state index in [9.17, 15) is 13.2 Å². The number of benzene rings is 1. The molecule has 0 radical (unpaired) electrons. The van der Waals surface area contributed by atoms with Gasteiger partial charge in [0.1, 0.15) is 0 Å². The van der Waals surface area contributed by atoms with E-state index >= 15 is 0 Å². The molecule has 23 heavy (non-hydrogen) atoms. The Hall–Kier alpha value is -1.50. The first-order chi connectivity index (χ1) is 10.7. The fourth-order valence-electron chi connectivity index (χ4n) is 2.67. The third-order valence-corrected chi connectivity index (χ3v) is 6.56. The van der Waals surface area contributed by atoms with E-state index in [0.29, 0.717) is 22.7 Å². The van der Waals surface area contributed by atoms with Crippen molar-refractivity contribution in [1.29, 1.82) is 0 Å². The number of carbonyl (C=O) groups excluding carboxylic acids is 1. The molecule has 0 saturated carbocycles. The summed E-state index contributed by atoms with van der Waals surface area (Å²) in [6, 6.07) is 7.41. The van der Waals surface area contributed by atoms with Gasteiger partial charge in [-0.05, 0) is 57.4 Å². The summed E-state index contributed by atoms with van der Waals surface area (Å²) in [7, 11) is -3.53. The summed E-state index contributed by atoms with van der Waals surface area (Å²) in [5.74, 6) is 0.0349. The van der Waals surface area contributed by atoms with Gasteiger partial charge in [-0.1, -0.05) is 17.7 Å². The highest BCUT2D eigenvalue weighted by atomic mass is 32.2. The number of hydrogen-bond acceptors (Lipinski definition) is 4. The molecule has 0 fully saturated rings. The second-order valence-electron chi connectivity index (χ2n) is 5.70. The molecule has 0 atom stereocenters. The Labute approximate surface area is 141 Å². The van der Waals surface area contributed by atoms with Crippen LogP contribution in [-0.2, 0) is 16.4 Å². The predicted molar refractivity (Wildman–Crippen MR) is 93.9 cm³/mol. The van der Waals surface area contributed by atoms with Crippen molar-refractivity contribution in [2.45, 2.75) is 39.0 Å². The third kappa shape index (κ3) is 4.28. The van der Waals surface area contributed by atoms with Gasteiger partial charge in [0.25, 0.3) is 0 Å². The SMILES string of the molecule is CC(=O)c1ccc(CCNS(=O)(=O)c2c(C)cc(C)cc2C)s1. The van der Waals surface area contributed by atoms with Gasteiger partial charge in [-0.15, -0.1) is 11.3 Å². The lowest BCUT2D eigenvalue weighted by atomic mass is 10.1. The van der Waals surface area contributed by atoms with Crippen molar-refractivity contribution in [2.75, 3.05) is 6.54 Å². The number of nitrogens with one attached hydrogen (secondary N) is 1. The summed E-state index contributed by atoms with van der Waals surface area (Å²) < 4.78 is 27.7. The smallest absolute Gasteiger partial charge is 0.241 e. The average Bonchev–Trinajstić information content (AvgIpc) is 2.85. The molecule has 4 nitrogen and oxygen atoms in total. The van der Waals surface area contributed by atoms with E-state index in [2.05, 4.69) is 4.72 Å². The Morgan fingerprint density at radius 2 is 1.74 bits per heavy atom. The van der Waals surface area contributed by atoms with Gasteiger partial charge in [0.15, 0.2) is 5.78 Å². The van der Waals surface area contributed by atoms with Crippen molar-refractivity contribution in [3.05, 3.63) is 50.7 Å². The Morgan fingerprint density at radius 1 is 1.13 bits per heavy atom.